The van der Waals surface area contributed by atoms with E-state index in [4.69, 9.17) is 4.74 Å². The second kappa shape index (κ2) is 7.66. The number of hydrogen-bond acceptors (Lipinski definition) is 4. The van der Waals surface area contributed by atoms with Crippen LogP contribution in [0.4, 0.5) is 0 Å². The first-order chi connectivity index (χ1) is 12.4. The number of carboxylic acid groups (broad SMARTS) is 1. The lowest BCUT2D eigenvalue weighted by Crippen LogP contribution is -2.55. The van der Waals surface area contributed by atoms with Crippen molar-refractivity contribution in [3.63, 3.8) is 0 Å². The predicted octanol–water partition coefficient (Wildman–Crippen LogP) is 2.37. The summed E-state index contributed by atoms with van der Waals surface area (Å²) in [7, 11) is 1.68. The number of amides is 1. The van der Waals surface area contributed by atoms with Crippen LogP contribution in [0.5, 0.6) is 5.75 Å². The van der Waals surface area contributed by atoms with E-state index in [0.717, 1.165) is 44.6 Å². The van der Waals surface area contributed by atoms with E-state index in [1.165, 1.54) is 5.56 Å². The maximum atomic E-state index is 12.2. The molecule has 6 nitrogen and oxygen atoms in total. The van der Waals surface area contributed by atoms with Gasteiger partial charge >= 0.3 is 5.97 Å². The Balaban J connectivity index is 1.60. The summed E-state index contributed by atoms with van der Waals surface area (Å²) in [6, 6.07) is 7.40. The number of likely N-dealkylation sites (tertiary alicyclic amines) is 2. The van der Waals surface area contributed by atoms with E-state index in [9.17, 15) is 14.7 Å². The molecule has 1 amide bonds. The van der Waals surface area contributed by atoms with Gasteiger partial charge in [0.2, 0.25) is 5.91 Å². The SMILES string of the molecule is COc1cccc(CN2CCC3(CCC(=O)N(C(C)C(=O)O)C3)CC2)c1. The smallest absolute Gasteiger partial charge is 0.326 e. The molecular weight excluding hydrogens is 332 g/mol. The van der Waals surface area contributed by atoms with Crippen molar-refractivity contribution in [1.82, 2.24) is 9.80 Å². The van der Waals surface area contributed by atoms with E-state index in [0.29, 0.717) is 13.0 Å². The minimum absolute atomic E-state index is 0.0238. The van der Waals surface area contributed by atoms with E-state index in [1.54, 1.807) is 18.9 Å². The Labute approximate surface area is 154 Å². The molecule has 0 saturated carbocycles. The molecule has 1 spiro atoms. The summed E-state index contributed by atoms with van der Waals surface area (Å²) in [5.41, 5.74) is 1.31. The van der Waals surface area contributed by atoms with Gasteiger partial charge in [0, 0.05) is 19.5 Å². The number of hydrogen-bond donors (Lipinski definition) is 1. The van der Waals surface area contributed by atoms with Crippen LogP contribution in [0.15, 0.2) is 24.3 Å². The van der Waals surface area contributed by atoms with Gasteiger partial charge in [0.15, 0.2) is 0 Å². The van der Waals surface area contributed by atoms with Crippen molar-refractivity contribution >= 4 is 11.9 Å². The van der Waals surface area contributed by atoms with E-state index < -0.39 is 12.0 Å². The number of carbonyl (C=O) groups is 2. The quantitative estimate of drug-likeness (QED) is 0.873. The van der Waals surface area contributed by atoms with Crippen LogP contribution >= 0.6 is 0 Å². The van der Waals surface area contributed by atoms with Gasteiger partial charge < -0.3 is 14.7 Å². The second-order valence-electron chi connectivity index (χ2n) is 7.66. The molecule has 1 atom stereocenters. The highest BCUT2D eigenvalue weighted by atomic mass is 16.5. The minimum Gasteiger partial charge on any atom is -0.497 e. The van der Waals surface area contributed by atoms with Gasteiger partial charge in [-0.05, 0) is 62.4 Å². The summed E-state index contributed by atoms with van der Waals surface area (Å²) in [6.45, 7) is 5.02. The molecule has 2 aliphatic rings. The molecule has 0 aromatic heterocycles. The second-order valence-corrected chi connectivity index (χ2v) is 7.66. The Morgan fingerprint density at radius 3 is 2.69 bits per heavy atom. The van der Waals surface area contributed by atoms with Gasteiger partial charge in [-0.25, -0.2) is 4.79 Å². The van der Waals surface area contributed by atoms with Gasteiger partial charge in [-0.15, -0.1) is 0 Å². The third-order valence-electron chi connectivity index (χ3n) is 5.98. The van der Waals surface area contributed by atoms with Crippen molar-refractivity contribution in [2.24, 2.45) is 5.41 Å². The van der Waals surface area contributed by atoms with Crippen molar-refractivity contribution in [1.29, 1.82) is 0 Å². The highest BCUT2D eigenvalue weighted by molar-refractivity contribution is 5.84. The third kappa shape index (κ3) is 4.01. The molecule has 1 N–H and O–H groups in total. The molecule has 0 radical (unpaired) electrons. The average molecular weight is 360 g/mol. The number of piperidine rings is 2. The molecule has 3 rings (SSSR count). The van der Waals surface area contributed by atoms with Crippen molar-refractivity contribution in [3.05, 3.63) is 29.8 Å². The van der Waals surface area contributed by atoms with Crippen LogP contribution in [-0.2, 0) is 16.1 Å². The van der Waals surface area contributed by atoms with E-state index in [1.807, 2.05) is 12.1 Å². The maximum Gasteiger partial charge on any atom is 0.326 e. The van der Waals surface area contributed by atoms with Crippen LogP contribution in [-0.4, -0.2) is 59.6 Å². The Morgan fingerprint density at radius 1 is 1.31 bits per heavy atom. The summed E-state index contributed by atoms with van der Waals surface area (Å²) in [5.74, 6) is -0.0738. The topological polar surface area (TPSA) is 70.1 Å². The van der Waals surface area contributed by atoms with Crippen LogP contribution < -0.4 is 4.74 Å². The molecule has 0 aliphatic carbocycles. The summed E-state index contributed by atoms with van der Waals surface area (Å²) in [6.07, 6.45) is 3.36. The maximum absolute atomic E-state index is 12.2. The molecule has 1 aromatic rings. The summed E-state index contributed by atoms with van der Waals surface area (Å²) in [5, 5.41) is 9.28. The molecule has 1 aromatic carbocycles. The van der Waals surface area contributed by atoms with Crippen molar-refractivity contribution in [2.75, 3.05) is 26.7 Å². The zero-order valence-corrected chi connectivity index (χ0v) is 15.6. The van der Waals surface area contributed by atoms with E-state index in [2.05, 4.69) is 17.0 Å². The van der Waals surface area contributed by atoms with Gasteiger partial charge in [0.05, 0.1) is 7.11 Å². The lowest BCUT2D eigenvalue weighted by molar-refractivity contribution is -0.155. The van der Waals surface area contributed by atoms with Crippen LogP contribution in [0.3, 0.4) is 0 Å². The molecule has 142 valence electrons. The summed E-state index contributed by atoms with van der Waals surface area (Å²) < 4.78 is 5.29. The lowest BCUT2D eigenvalue weighted by atomic mass is 9.72. The first-order valence-corrected chi connectivity index (χ1v) is 9.30. The molecule has 26 heavy (non-hydrogen) atoms. The predicted molar refractivity (Wildman–Crippen MR) is 98.0 cm³/mol. The molecule has 6 heteroatoms. The molecule has 2 aliphatic heterocycles. The fourth-order valence-electron chi connectivity index (χ4n) is 4.15. The van der Waals surface area contributed by atoms with Crippen molar-refractivity contribution < 1.29 is 19.4 Å². The van der Waals surface area contributed by atoms with Crippen LogP contribution in [0.1, 0.15) is 38.2 Å². The first-order valence-electron chi connectivity index (χ1n) is 9.30. The van der Waals surface area contributed by atoms with Gasteiger partial charge in [-0.3, -0.25) is 9.69 Å². The molecular formula is C20H28N2O4. The fraction of sp³-hybridized carbons (Fsp3) is 0.600. The minimum atomic E-state index is -0.925. The average Bonchev–Trinajstić information content (AvgIpc) is 2.65. The third-order valence-corrected chi connectivity index (χ3v) is 5.98. The number of nitrogens with zero attached hydrogens (tertiary/aromatic N) is 2. The van der Waals surface area contributed by atoms with Crippen molar-refractivity contribution in [2.45, 2.75) is 45.2 Å². The number of carboxylic acids is 1. The summed E-state index contributed by atoms with van der Waals surface area (Å²) in [4.78, 5) is 27.5. The van der Waals surface area contributed by atoms with E-state index >= 15 is 0 Å². The largest absolute Gasteiger partial charge is 0.497 e. The molecule has 0 bridgehead atoms. The molecule has 2 fully saturated rings. The molecule has 1 unspecified atom stereocenters. The monoisotopic (exact) mass is 360 g/mol. The lowest BCUT2D eigenvalue weighted by Gasteiger charge is -2.48. The standard InChI is InChI=1S/C20H28N2O4/c1-15(19(24)25)22-14-20(7-6-18(22)23)8-10-21(11-9-20)13-16-4-3-5-17(12-16)26-2/h3-5,12,15H,6-11,13-14H2,1-2H3,(H,24,25). The Morgan fingerprint density at radius 2 is 2.04 bits per heavy atom. The van der Waals surface area contributed by atoms with Gasteiger partial charge in [0.1, 0.15) is 11.8 Å². The number of ether oxygens (including phenoxy) is 1. The Kier molecular flexibility index (Phi) is 5.51. The normalized spacial score (nSPS) is 21.6. The molecule has 2 saturated heterocycles. The number of aliphatic carboxylic acids is 1. The number of methoxy groups -OCH3 is 1. The number of benzene rings is 1. The van der Waals surface area contributed by atoms with E-state index in [-0.39, 0.29) is 11.3 Å². The zero-order valence-electron chi connectivity index (χ0n) is 15.6. The van der Waals surface area contributed by atoms with Gasteiger partial charge in [0.25, 0.3) is 0 Å². The Hall–Kier alpha value is -2.08. The highest BCUT2D eigenvalue weighted by Gasteiger charge is 2.43. The Bertz CT molecular complexity index is 668. The summed E-state index contributed by atoms with van der Waals surface area (Å²) >= 11 is 0. The van der Waals surface area contributed by atoms with Crippen molar-refractivity contribution in [3.8, 4) is 5.75 Å². The first kappa shape index (κ1) is 18.7. The fourth-order valence-corrected chi connectivity index (χ4v) is 4.15. The van der Waals surface area contributed by atoms with Crippen LogP contribution in [0.25, 0.3) is 0 Å². The van der Waals surface area contributed by atoms with Gasteiger partial charge in [-0.2, -0.15) is 0 Å². The number of carbonyl (C=O) groups excluding carboxylic acids is 1. The molecule has 2 heterocycles. The number of rotatable bonds is 5. The highest BCUT2D eigenvalue weighted by Crippen LogP contribution is 2.41. The van der Waals surface area contributed by atoms with Crippen LogP contribution in [0, 0.1) is 5.41 Å². The zero-order chi connectivity index (χ0) is 18.7. The van der Waals surface area contributed by atoms with Crippen LogP contribution in [0.2, 0.25) is 0 Å². The van der Waals surface area contributed by atoms with Gasteiger partial charge in [-0.1, -0.05) is 12.1 Å².